The van der Waals surface area contributed by atoms with Gasteiger partial charge in [0.25, 0.3) is 5.91 Å². The number of benzene rings is 1. The van der Waals surface area contributed by atoms with Crippen LogP contribution in [0.5, 0.6) is 0 Å². The van der Waals surface area contributed by atoms with Crippen molar-refractivity contribution in [3.63, 3.8) is 0 Å². The van der Waals surface area contributed by atoms with Crippen molar-refractivity contribution >= 4 is 18.3 Å². The van der Waals surface area contributed by atoms with E-state index in [4.69, 9.17) is 5.73 Å². The largest absolute Gasteiger partial charge is 0.336 e. The monoisotopic (exact) mass is 361 g/mol. The molecule has 25 heavy (non-hydrogen) atoms. The van der Waals surface area contributed by atoms with Crippen molar-refractivity contribution in [3.8, 4) is 5.69 Å². The average molecular weight is 362 g/mol. The van der Waals surface area contributed by atoms with E-state index in [-0.39, 0.29) is 18.3 Å². The van der Waals surface area contributed by atoms with Crippen molar-refractivity contribution in [2.75, 3.05) is 13.6 Å². The Bertz CT molecular complexity index is 815. The fourth-order valence-corrected chi connectivity index (χ4v) is 2.34. The van der Waals surface area contributed by atoms with Crippen molar-refractivity contribution < 1.29 is 4.79 Å². The Kier molecular flexibility index (Phi) is 6.26. The van der Waals surface area contributed by atoms with E-state index in [0.717, 1.165) is 11.3 Å². The van der Waals surface area contributed by atoms with Crippen molar-refractivity contribution in [1.29, 1.82) is 0 Å². The van der Waals surface area contributed by atoms with Gasteiger partial charge in [0, 0.05) is 31.9 Å². The predicted octanol–water partition coefficient (Wildman–Crippen LogP) is 1.12. The number of carbonyl (C=O) groups excluding carboxylic acids is 1. The van der Waals surface area contributed by atoms with Gasteiger partial charge in [0.1, 0.15) is 0 Å². The van der Waals surface area contributed by atoms with Gasteiger partial charge in [-0.1, -0.05) is 23.4 Å². The van der Waals surface area contributed by atoms with Gasteiger partial charge in [-0.3, -0.25) is 9.48 Å². The van der Waals surface area contributed by atoms with Gasteiger partial charge < -0.3 is 10.6 Å². The molecule has 0 saturated heterocycles. The zero-order chi connectivity index (χ0) is 16.9. The van der Waals surface area contributed by atoms with Crippen LogP contribution in [0.25, 0.3) is 5.69 Å². The topological polar surface area (TPSA) is 94.9 Å². The molecule has 8 nitrogen and oxygen atoms in total. The molecule has 2 aromatic heterocycles. The number of amides is 1. The fraction of sp³-hybridized carbons (Fsp3) is 0.250. The molecule has 0 radical (unpaired) electrons. The Labute approximate surface area is 151 Å². The molecule has 3 rings (SSSR count). The number of hydrogen-bond donors (Lipinski definition) is 1. The Morgan fingerprint density at radius 2 is 2.00 bits per heavy atom. The summed E-state index contributed by atoms with van der Waals surface area (Å²) in [6.07, 6.45) is 5.27. The lowest BCUT2D eigenvalue weighted by Crippen LogP contribution is -2.26. The highest BCUT2D eigenvalue weighted by molar-refractivity contribution is 5.91. The molecular weight excluding hydrogens is 342 g/mol. The summed E-state index contributed by atoms with van der Waals surface area (Å²) in [6.45, 7) is 1.43. The molecule has 0 aliphatic rings. The number of aromatic nitrogens is 5. The molecule has 3 aromatic rings. The normalized spacial score (nSPS) is 10.3. The SMILES string of the molecule is CN(Cc1cnn(-c2ccccc2)c1)C(=O)c1cn(CCN)nn1.Cl. The van der Waals surface area contributed by atoms with E-state index in [1.165, 1.54) is 0 Å². The molecule has 0 aliphatic carbocycles. The molecule has 0 bridgehead atoms. The van der Waals surface area contributed by atoms with E-state index in [9.17, 15) is 4.79 Å². The molecule has 0 unspecified atom stereocenters. The molecule has 2 heterocycles. The van der Waals surface area contributed by atoms with Crippen LogP contribution in [0, 0.1) is 0 Å². The molecule has 0 atom stereocenters. The summed E-state index contributed by atoms with van der Waals surface area (Å²) in [4.78, 5) is 14.0. The quantitative estimate of drug-likeness (QED) is 0.709. The lowest BCUT2D eigenvalue weighted by Gasteiger charge is -2.14. The van der Waals surface area contributed by atoms with Gasteiger partial charge in [0.05, 0.1) is 24.6 Å². The molecule has 2 N–H and O–H groups in total. The van der Waals surface area contributed by atoms with Gasteiger partial charge in [-0.15, -0.1) is 17.5 Å². The average Bonchev–Trinajstić information content (AvgIpc) is 3.25. The fourth-order valence-electron chi connectivity index (χ4n) is 2.34. The lowest BCUT2D eigenvalue weighted by molar-refractivity contribution is 0.0779. The zero-order valence-corrected chi connectivity index (χ0v) is 14.6. The summed E-state index contributed by atoms with van der Waals surface area (Å²) in [6, 6.07) is 9.81. The highest BCUT2D eigenvalue weighted by Crippen LogP contribution is 2.10. The van der Waals surface area contributed by atoms with Gasteiger partial charge in [-0.05, 0) is 12.1 Å². The van der Waals surface area contributed by atoms with Crippen molar-refractivity contribution in [2.45, 2.75) is 13.1 Å². The van der Waals surface area contributed by atoms with Crippen LogP contribution >= 0.6 is 12.4 Å². The standard InChI is InChI=1S/C16H19N7O.ClH/c1-21(16(24)15-12-22(8-7-17)20-19-15)10-13-9-18-23(11-13)14-5-3-2-4-6-14;/h2-6,9,11-12H,7-8,10,17H2,1H3;1H. The first-order chi connectivity index (χ1) is 11.7. The third kappa shape index (κ3) is 4.43. The van der Waals surface area contributed by atoms with Crippen LogP contribution in [-0.2, 0) is 13.1 Å². The minimum atomic E-state index is -0.189. The Morgan fingerprint density at radius 3 is 2.72 bits per heavy atom. The molecule has 0 saturated carbocycles. The molecule has 0 aliphatic heterocycles. The van der Waals surface area contributed by atoms with Gasteiger partial charge in [0.2, 0.25) is 0 Å². The van der Waals surface area contributed by atoms with Crippen molar-refractivity contribution in [1.82, 2.24) is 29.7 Å². The van der Waals surface area contributed by atoms with Gasteiger partial charge >= 0.3 is 0 Å². The Morgan fingerprint density at radius 1 is 1.24 bits per heavy atom. The van der Waals surface area contributed by atoms with Crippen LogP contribution in [0.15, 0.2) is 48.9 Å². The number of halogens is 1. The summed E-state index contributed by atoms with van der Waals surface area (Å²) in [5.74, 6) is -0.189. The third-order valence-corrected chi connectivity index (χ3v) is 3.54. The van der Waals surface area contributed by atoms with Crippen LogP contribution in [0.4, 0.5) is 0 Å². The molecule has 9 heteroatoms. The molecule has 0 spiro atoms. The number of hydrogen-bond acceptors (Lipinski definition) is 5. The molecule has 0 fully saturated rings. The second-order valence-electron chi connectivity index (χ2n) is 5.45. The summed E-state index contributed by atoms with van der Waals surface area (Å²) >= 11 is 0. The Hall–Kier alpha value is -2.71. The number of carbonyl (C=O) groups is 1. The van der Waals surface area contributed by atoms with Crippen LogP contribution in [-0.4, -0.2) is 49.2 Å². The van der Waals surface area contributed by atoms with Crippen LogP contribution in [0.2, 0.25) is 0 Å². The lowest BCUT2D eigenvalue weighted by atomic mass is 10.3. The number of nitrogens with zero attached hydrogens (tertiary/aromatic N) is 6. The number of nitrogens with two attached hydrogens (primary N) is 1. The van der Waals surface area contributed by atoms with Crippen LogP contribution in [0.3, 0.4) is 0 Å². The van der Waals surface area contributed by atoms with E-state index < -0.39 is 0 Å². The van der Waals surface area contributed by atoms with Gasteiger partial charge in [-0.2, -0.15) is 5.10 Å². The molecule has 1 amide bonds. The maximum atomic E-state index is 12.4. The summed E-state index contributed by atoms with van der Waals surface area (Å²) in [5.41, 5.74) is 7.68. The highest BCUT2D eigenvalue weighted by atomic mass is 35.5. The molecule has 132 valence electrons. The van der Waals surface area contributed by atoms with E-state index in [1.807, 2.05) is 36.5 Å². The molecule has 1 aromatic carbocycles. The predicted molar refractivity (Wildman–Crippen MR) is 95.7 cm³/mol. The highest BCUT2D eigenvalue weighted by Gasteiger charge is 2.16. The molecular formula is C16H20ClN7O. The van der Waals surface area contributed by atoms with E-state index in [1.54, 1.807) is 33.7 Å². The van der Waals surface area contributed by atoms with Gasteiger partial charge in [0.15, 0.2) is 5.69 Å². The van der Waals surface area contributed by atoms with E-state index in [0.29, 0.717) is 25.3 Å². The first-order valence-electron chi connectivity index (χ1n) is 7.62. The third-order valence-electron chi connectivity index (χ3n) is 3.54. The maximum Gasteiger partial charge on any atom is 0.276 e. The summed E-state index contributed by atoms with van der Waals surface area (Å²) < 4.78 is 3.35. The summed E-state index contributed by atoms with van der Waals surface area (Å²) in [5, 5.41) is 12.1. The minimum absolute atomic E-state index is 0. The van der Waals surface area contributed by atoms with Crippen LogP contribution < -0.4 is 5.73 Å². The number of rotatable bonds is 6. The summed E-state index contributed by atoms with van der Waals surface area (Å²) in [7, 11) is 1.73. The number of para-hydroxylation sites is 1. The maximum absolute atomic E-state index is 12.4. The zero-order valence-electron chi connectivity index (χ0n) is 13.8. The van der Waals surface area contributed by atoms with E-state index >= 15 is 0 Å². The van der Waals surface area contributed by atoms with E-state index in [2.05, 4.69) is 15.4 Å². The van der Waals surface area contributed by atoms with Crippen LogP contribution in [0.1, 0.15) is 16.1 Å². The Balaban J connectivity index is 0.00000225. The van der Waals surface area contributed by atoms with Gasteiger partial charge in [-0.25, -0.2) is 4.68 Å². The first kappa shape index (κ1) is 18.6. The second-order valence-corrected chi connectivity index (χ2v) is 5.45. The minimum Gasteiger partial charge on any atom is -0.336 e. The smallest absolute Gasteiger partial charge is 0.276 e. The van der Waals surface area contributed by atoms with Crippen molar-refractivity contribution in [3.05, 3.63) is 60.2 Å². The second kappa shape index (κ2) is 8.41. The first-order valence-corrected chi connectivity index (χ1v) is 7.62. The van der Waals surface area contributed by atoms with Crippen molar-refractivity contribution in [2.24, 2.45) is 5.73 Å².